The summed E-state index contributed by atoms with van der Waals surface area (Å²) in [7, 11) is 0. The molecule has 0 spiro atoms. The highest BCUT2D eigenvalue weighted by atomic mass is 16.5. The lowest BCUT2D eigenvalue weighted by molar-refractivity contribution is -0.138. The summed E-state index contributed by atoms with van der Waals surface area (Å²) in [6.45, 7) is 4.60. The molecule has 27 heavy (non-hydrogen) atoms. The number of nitrogens with two attached hydrogens (primary N) is 1. The van der Waals surface area contributed by atoms with Crippen molar-refractivity contribution in [3.63, 3.8) is 0 Å². The molecule has 0 heterocycles. The molecular weight excluding hydrogens is 344 g/mol. The largest absolute Gasteiger partial charge is 0.480 e. The molecule has 0 saturated carbocycles. The molecule has 0 aromatic rings. The van der Waals surface area contributed by atoms with Crippen molar-refractivity contribution in [3.05, 3.63) is 0 Å². The Morgan fingerprint density at radius 3 is 2.15 bits per heavy atom. The molecule has 0 aromatic heterocycles. The molecule has 0 amide bonds. The van der Waals surface area contributed by atoms with Crippen LogP contribution >= 0.6 is 0 Å². The second-order valence-corrected chi connectivity index (χ2v) is 7.56. The maximum absolute atomic E-state index is 10.6. The third-order valence-corrected chi connectivity index (χ3v) is 4.77. The Morgan fingerprint density at radius 1 is 0.963 bits per heavy atom. The van der Waals surface area contributed by atoms with Gasteiger partial charge in [0.05, 0.1) is 12.7 Å². The highest BCUT2D eigenvalue weighted by Crippen LogP contribution is 2.10. The maximum Gasteiger partial charge on any atom is 0.320 e. The molecule has 162 valence electrons. The zero-order valence-electron chi connectivity index (χ0n) is 17.5. The number of aliphatic carboxylic acids is 1. The SMILES string of the molecule is CCCCCCCCCCCCOCC(O)CNCCCC[C@H](N)C(=O)O. The van der Waals surface area contributed by atoms with Crippen LogP contribution in [0.5, 0.6) is 0 Å². The monoisotopic (exact) mass is 388 g/mol. The highest BCUT2D eigenvalue weighted by molar-refractivity contribution is 5.72. The van der Waals surface area contributed by atoms with Crippen molar-refractivity contribution in [3.8, 4) is 0 Å². The van der Waals surface area contributed by atoms with Gasteiger partial charge in [-0.1, -0.05) is 71.1 Å². The Hall–Kier alpha value is -0.690. The van der Waals surface area contributed by atoms with Gasteiger partial charge in [0.25, 0.3) is 0 Å². The first-order valence-electron chi connectivity index (χ1n) is 11.0. The Kier molecular flexibility index (Phi) is 19.5. The fraction of sp³-hybridized carbons (Fsp3) is 0.952. The fourth-order valence-electron chi connectivity index (χ4n) is 2.98. The molecule has 0 aliphatic carbocycles. The van der Waals surface area contributed by atoms with Crippen LogP contribution in [-0.4, -0.2) is 54.6 Å². The van der Waals surface area contributed by atoms with Crippen molar-refractivity contribution in [2.75, 3.05) is 26.3 Å². The number of hydrogen-bond donors (Lipinski definition) is 4. The molecule has 5 N–H and O–H groups in total. The van der Waals surface area contributed by atoms with Crippen LogP contribution in [0.3, 0.4) is 0 Å². The van der Waals surface area contributed by atoms with Gasteiger partial charge in [0, 0.05) is 13.2 Å². The molecule has 6 heteroatoms. The number of unbranched alkanes of at least 4 members (excludes halogenated alkanes) is 10. The predicted molar refractivity (Wildman–Crippen MR) is 111 cm³/mol. The lowest BCUT2D eigenvalue weighted by atomic mass is 10.1. The average molecular weight is 389 g/mol. The van der Waals surface area contributed by atoms with E-state index in [9.17, 15) is 9.90 Å². The van der Waals surface area contributed by atoms with E-state index in [-0.39, 0.29) is 0 Å². The van der Waals surface area contributed by atoms with Crippen LogP contribution in [0.1, 0.15) is 90.4 Å². The van der Waals surface area contributed by atoms with E-state index in [0.717, 1.165) is 32.4 Å². The van der Waals surface area contributed by atoms with E-state index in [0.29, 0.717) is 19.6 Å². The molecule has 0 aromatic carbocycles. The minimum absolute atomic E-state index is 0.369. The van der Waals surface area contributed by atoms with Crippen molar-refractivity contribution in [2.24, 2.45) is 5.73 Å². The number of ether oxygens (including phenoxy) is 1. The van der Waals surface area contributed by atoms with Gasteiger partial charge in [0.1, 0.15) is 6.04 Å². The molecule has 0 fully saturated rings. The molecule has 0 saturated heterocycles. The van der Waals surface area contributed by atoms with E-state index < -0.39 is 18.1 Å². The normalized spacial score (nSPS) is 13.6. The fourth-order valence-corrected chi connectivity index (χ4v) is 2.98. The van der Waals surface area contributed by atoms with Crippen molar-refractivity contribution >= 4 is 5.97 Å². The number of aliphatic hydroxyl groups is 1. The summed E-state index contributed by atoms with van der Waals surface area (Å²) in [6.07, 6.45) is 14.7. The third-order valence-electron chi connectivity index (χ3n) is 4.77. The van der Waals surface area contributed by atoms with Crippen LogP contribution in [0.4, 0.5) is 0 Å². The van der Waals surface area contributed by atoms with Gasteiger partial charge in [0.2, 0.25) is 0 Å². The molecular formula is C21H44N2O4. The summed E-state index contributed by atoms with van der Waals surface area (Å²) in [5, 5.41) is 21.7. The number of carbonyl (C=O) groups is 1. The van der Waals surface area contributed by atoms with Gasteiger partial charge < -0.3 is 26.0 Å². The Morgan fingerprint density at radius 2 is 1.56 bits per heavy atom. The number of carboxylic acids is 1. The summed E-state index contributed by atoms with van der Waals surface area (Å²) < 4.78 is 5.53. The number of aliphatic hydroxyl groups excluding tert-OH is 1. The average Bonchev–Trinajstić information content (AvgIpc) is 2.65. The van der Waals surface area contributed by atoms with Crippen molar-refractivity contribution in [1.82, 2.24) is 5.32 Å². The Balaban J connectivity index is 3.21. The van der Waals surface area contributed by atoms with E-state index >= 15 is 0 Å². The second-order valence-electron chi connectivity index (χ2n) is 7.56. The number of hydrogen-bond acceptors (Lipinski definition) is 5. The summed E-state index contributed by atoms with van der Waals surface area (Å²) in [5.41, 5.74) is 5.44. The van der Waals surface area contributed by atoms with E-state index in [1.807, 2.05) is 0 Å². The van der Waals surface area contributed by atoms with Crippen molar-refractivity contribution < 1.29 is 19.7 Å². The Labute approximate surface area is 166 Å². The van der Waals surface area contributed by atoms with Gasteiger partial charge in [-0.2, -0.15) is 0 Å². The summed E-state index contributed by atoms with van der Waals surface area (Å²) in [6, 6.07) is -0.769. The molecule has 2 atom stereocenters. The van der Waals surface area contributed by atoms with Crippen LogP contribution in [0.15, 0.2) is 0 Å². The molecule has 0 bridgehead atoms. The first-order valence-corrected chi connectivity index (χ1v) is 11.0. The topological polar surface area (TPSA) is 105 Å². The number of nitrogens with one attached hydrogen (secondary N) is 1. The van der Waals surface area contributed by atoms with Gasteiger partial charge in [0.15, 0.2) is 0 Å². The van der Waals surface area contributed by atoms with Crippen LogP contribution in [0.2, 0.25) is 0 Å². The standard InChI is InChI=1S/C21H44N2O4/c1-2-3-4-5-6-7-8-9-10-13-16-27-18-19(24)17-23-15-12-11-14-20(22)21(25)26/h19-20,23-24H,2-18,22H2,1H3,(H,25,26)/t19?,20-/m0/s1. The van der Waals surface area contributed by atoms with Gasteiger partial charge in [-0.05, 0) is 25.8 Å². The molecule has 0 radical (unpaired) electrons. The summed E-state index contributed by atoms with van der Waals surface area (Å²) >= 11 is 0. The first-order chi connectivity index (χ1) is 13.1. The van der Waals surface area contributed by atoms with Crippen molar-refractivity contribution in [1.29, 1.82) is 0 Å². The van der Waals surface area contributed by atoms with E-state index in [2.05, 4.69) is 12.2 Å². The number of carboxylic acid groups (broad SMARTS) is 1. The van der Waals surface area contributed by atoms with Gasteiger partial charge in [-0.3, -0.25) is 4.79 Å². The lowest BCUT2D eigenvalue weighted by Crippen LogP contribution is -2.32. The van der Waals surface area contributed by atoms with Crippen molar-refractivity contribution in [2.45, 2.75) is 103 Å². The van der Waals surface area contributed by atoms with Crippen LogP contribution in [-0.2, 0) is 9.53 Å². The van der Waals surface area contributed by atoms with Gasteiger partial charge in [-0.25, -0.2) is 0 Å². The zero-order chi connectivity index (χ0) is 20.2. The molecule has 0 aliphatic heterocycles. The molecule has 0 aliphatic rings. The van der Waals surface area contributed by atoms with E-state index in [4.69, 9.17) is 15.6 Å². The van der Waals surface area contributed by atoms with Crippen LogP contribution in [0, 0.1) is 0 Å². The summed E-state index contributed by atoms with van der Waals surface area (Å²) in [5.74, 6) is -0.946. The number of rotatable bonds is 21. The molecule has 0 rings (SSSR count). The highest BCUT2D eigenvalue weighted by Gasteiger charge is 2.10. The second kappa shape index (κ2) is 20.1. The zero-order valence-corrected chi connectivity index (χ0v) is 17.5. The Bertz CT molecular complexity index is 329. The minimum Gasteiger partial charge on any atom is -0.480 e. The van der Waals surface area contributed by atoms with E-state index in [1.54, 1.807) is 0 Å². The lowest BCUT2D eigenvalue weighted by Gasteiger charge is -2.12. The smallest absolute Gasteiger partial charge is 0.320 e. The van der Waals surface area contributed by atoms with Crippen LogP contribution < -0.4 is 11.1 Å². The summed E-state index contributed by atoms with van der Waals surface area (Å²) in [4.78, 5) is 10.6. The van der Waals surface area contributed by atoms with E-state index in [1.165, 1.54) is 57.8 Å². The quantitative estimate of drug-likeness (QED) is 0.224. The van der Waals surface area contributed by atoms with Gasteiger partial charge >= 0.3 is 5.97 Å². The molecule has 6 nitrogen and oxygen atoms in total. The predicted octanol–water partition coefficient (Wildman–Crippen LogP) is 3.46. The third kappa shape index (κ3) is 19.9. The molecule has 1 unspecified atom stereocenters. The maximum atomic E-state index is 10.6. The van der Waals surface area contributed by atoms with Gasteiger partial charge in [-0.15, -0.1) is 0 Å². The first kappa shape index (κ1) is 26.3. The minimum atomic E-state index is -0.946. The van der Waals surface area contributed by atoms with Crippen LogP contribution in [0.25, 0.3) is 0 Å².